The third kappa shape index (κ3) is 4.68. The average Bonchev–Trinajstić information content (AvgIpc) is 3.78. The van der Waals surface area contributed by atoms with Gasteiger partial charge in [-0.25, -0.2) is 0 Å². The van der Waals surface area contributed by atoms with Crippen molar-refractivity contribution in [2.45, 2.75) is 0 Å². The van der Waals surface area contributed by atoms with Gasteiger partial charge in [0, 0.05) is 50.7 Å². The Kier molecular flexibility index (Phi) is 6.55. The first-order valence-electron chi connectivity index (χ1n) is 18.0. The molecule has 11 aromatic rings. The topological polar surface area (TPSA) is 29.5 Å². The molecule has 248 valence electrons. The maximum atomic E-state index is 6.43. The van der Waals surface area contributed by atoms with E-state index < -0.39 is 0 Å². The number of anilines is 3. The lowest BCUT2D eigenvalue weighted by molar-refractivity contribution is 0.669. The van der Waals surface area contributed by atoms with Crippen LogP contribution in [0.2, 0.25) is 0 Å². The Morgan fingerprint density at radius 1 is 0.264 bits per heavy atom. The van der Waals surface area contributed by atoms with Crippen molar-refractivity contribution in [1.82, 2.24) is 0 Å². The molecule has 0 radical (unpaired) electrons. The van der Waals surface area contributed by atoms with Gasteiger partial charge in [-0.2, -0.15) is 0 Å². The molecule has 0 bridgehead atoms. The van der Waals surface area contributed by atoms with Crippen LogP contribution < -0.4 is 4.90 Å². The fourth-order valence-electron chi connectivity index (χ4n) is 8.30. The van der Waals surface area contributed by atoms with Gasteiger partial charge in [0.25, 0.3) is 0 Å². The van der Waals surface area contributed by atoms with Crippen LogP contribution in [0.5, 0.6) is 0 Å². The van der Waals surface area contributed by atoms with Crippen LogP contribution in [0.25, 0.3) is 87.7 Å². The van der Waals surface area contributed by atoms with Crippen molar-refractivity contribution in [3.63, 3.8) is 0 Å². The molecule has 0 saturated heterocycles. The first-order chi connectivity index (χ1) is 26.3. The van der Waals surface area contributed by atoms with Crippen molar-refractivity contribution >= 4 is 82.5 Å². The van der Waals surface area contributed by atoms with Crippen molar-refractivity contribution in [2.75, 3.05) is 4.90 Å². The van der Waals surface area contributed by atoms with Crippen molar-refractivity contribution in [1.29, 1.82) is 0 Å². The van der Waals surface area contributed by atoms with Gasteiger partial charge in [0.2, 0.25) is 0 Å². The van der Waals surface area contributed by atoms with E-state index in [0.29, 0.717) is 0 Å². The number of fused-ring (bicyclic) bond motifs is 9. The second-order valence-corrected chi connectivity index (χ2v) is 13.7. The first-order valence-corrected chi connectivity index (χ1v) is 18.0. The van der Waals surface area contributed by atoms with Gasteiger partial charge in [-0.05, 0) is 92.3 Å². The SMILES string of the molecule is c1ccc(-c2c(-c3cccc(N(c4ccc5c(c4)oc4ccccc45)c4ccc5c(c4)oc4ccccc45)c3)c3ccccc3c3ccccc23)cc1. The molecule has 9 aromatic carbocycles. The van der Waals surface area contributed by atoms with Gasteiger partial charge in [-0.1, -0.05) is 127 Å². The number of para-hydroxylation sites is 2. The number of benzene rings is 9. The molecule has 3 heteroatoms. The van der Waals surface area contributed by atoms with Crippen LogP contribution in [0.3, 0.4) is 0 Å². The molecule has 0 amide bonds. The van der Waals surface area contributed by atoms with Gasteiger partial charge in [0.15, 0.2) is 0 Å². The molecular formula is C50H31NO2. The van der Waals surface area contributed by atoms with Crippen LogP contribution in [-0.2, 0) is 0 Å². The van der Waals surface area contributed by atoms with E-state index in [1.54, 1.807) is 0 Å². The van der Waals surface area contributed by atoms with Crippen LogP contribution in [0.15, 0.2) is 197 Å². The molecule has 2 heterocycles. The van der Waals surface area contributed by atoms with E-state index in [1.165, 1.54) is 38.2 Å². The fraction of sp³-hybridized carbons (Fsp3) is 0. The monoisotopic (exact) mass is 677 g/mol. The maximum Gasteiger partial charge on any atom is 0.137 e. The predicted molar refractivity (Wildman–Crippen MR) is 222 cm³/mol. The average molecular weight is 678 g/mol. The van der Waals surface area contributed by atoms with Gasteiger partial charge in [-0.15, -0.1) is 0 Å². The highest BCUT2D eigenvalue weighted by atomic mass is 16.3. The third-order valence-corrected chi connectivity index (χ3v) is 10.6. The normalized spacial score (nSPS) is 11.8. The second kappa shape index (κ2) is 11.7. The van der Waals surface area contributed by atoms with Crippen molar-refractivity contribution in [3.05, 3.63) is 188 Å². The standard InChI is InChI=1S/C50H31NO2/c1-2-13-32(14-3-1)49-43-21-6-4-17-37(43)38-18-5-7-22-44(38)50(49)33-15-12-16-34(29-33)51(35-25-27-41-39-19-8-10-23-45(39)52-47(41)30-35)36-26-28-42-40-20-9-11-24-46(40)53-48(42)31-36/h1-31H. The van der Waals surface area contributed by atoms with Crippen molar-refractivity contribution in [2.24, 2.45) is 0 Å². The number of hydrogen-bond donors (Lipinski definition) is 0. The van der Waals surface area contributed by atoms with E-state index in [9.17, 15) is 0 Å². The van der Waals surface area contributed by atoms with Gasteiger partial charge in [-0.3, -0.25) is 0 Å². The van der Waals surface area contributed by atoms with Gasteiger partial charge < -0.3 is 13.7 Å². The minimum atomic E-state index is 0.849. The first kappa shape index (κ1) is 29.6. The maximum absolute atomic E-state index is 6.43. The van der Waals surface area contributed by atoms with E-state index in [2.05, 4.69) is 169 Å². The molecule has 2 aromatic heterocycles. The Bertz CT molecular complexity index is 3070. The highest BCUT2D eigenvalue weighted by Gasteiger charge is 2.21. The number of nitrogens with zero attached hydrogens (tertiary/aromatic N) is 1. The zero-order valence-electron chi connectivity index (χ0n) is 28.7. The molecule has 0 fully saturated rings. The lowest BCUT2D eigenvalue weighted by Crippen LogP contribution is -2.10. The fourth-order valence-corrected chi connectivity index (χ4v) is 8.30. The quantitative estimate of drug-likeness (QED) is 0.170. The highest BCUT2D eigenvalue weighted by molar-refractivity contribution is 6.21. The number of hydrogen-bond acceptors (Lipinski definition) is 3. The molecule has 0 N–H and O–H groups in total. The number of furan rings is 2. The van der Waals surface area contributed by atoms with Crippen molar-refractivity contribution in [3.8, 4) is 22.3 Å². The molecule has 0 saturated carbocycles. The Morgan fingerprint density at radius 2 is 0.679 bits per heavy atom. The largest absolute Gasteiger partial charge is 0.456 e. The predicted octanol–water partition coefficient (Wildman–Crippen LogP) is 14.6. The number of rotatable bonds is 5. The summed E-state index contributed by atoms with van der Waals surface area (Å²) in [6.07, 6.45) is 0. The summed E-state index contributed by atoms with van der Waals surface area (Å²) in [5, 5.41) is 9.38. The summed E-state index contributed by atoms with van der Waals surface area (Å²) in [5.41, 5.74) is 11.3. The Labute approximate surface area is 305 Å². The molecule has 53 heavy (non-hydrogen) atoms. The van der Waals surface area contributed by atoms with Crippen LogP contribution in [0, 0.1) is 0 Å². The summed E-state index contributed by atoms with van der Waals surface area (Å²) in [4.78, 5) is 2.31. The van der Waals surface area contributed by atoms with Crippen LogP contribution in [-0.4, -0.2) is 0 Å². The molecule has 0 unspecified atom stereocenters. The van der Waals surface area contributed by atoms with Gasteiger partial charge >= 0.3 is 0 Å². The Hall–Kier alpha value is -7.10. The smallest absolute Gasteiger partial charge is 0.137 e. The summed E-state index contributed by atoms with van der Waals surface area (Å²) >= 11 is 0. The van der Waals surface area contributed by atoms with Crippen LogP contribution >= 0.6 is 0 Å². The summed E-state index contributed by atoms with van der Waals surface area (Å²) < 4.78 is 12.9. The molecule has 11 rings (SSSR count). The third-order valence-electron chi connectivity index (χ3n) is 10.6. The van der Waals surface area contributed by atoms with Gasteiger partial charge in [0.1, 0.15) is 22.3 Å². The molecule has 0 aliphatic carbocycles. The summed E-state index contributed by atoms with van der Waals surface area (Å²) in [6, 6.07) is 66.9. The van der Waals surface area contributed by atoms with E-state index >= 15 is 0 Å². The van der Waals surface area contributed by atoms with E-state index in [0.717, 1.165) is 66.5 Å². The van der Waals surface area contributed by atoms with Gasteiger partial charge in [0.05, 0.1) is 0 Å². The van der Waals surface area contributed by atoms with E-state index in [4.69, 9.17) is 8.83 Å². The molecule has 0 spiro atoms. The lowest BCUT2D eigenvalue weighted by Gasteiger charge is -2.26. The summed E-state index contributed by atoms with van der Waals surface area (Å²) in [7, 11) is 0. The zero-order chi connectivity index (χ0) is 34.9. The van der Waals surface area contributed by atoms with E-state index in [1.807, 2.05) is 24.3 Å². The zero-order valence-corrected chi connectivity index (χ0v) is 28.7. The second-order valence-electron chi connectivity index (χ2n) is 13.7. The summed E-state index contributed by atoms with van der Waals surface area (Å²) in [5.74, 6) is 0. The minimum absolute atomic E-state index is 0.849. The molecule has 0 aliphatic heterocycles. The molecular weight excluding hydrogens is 647 g/mol. The Balaban J connectivity index is 1.18. The molecule has 0 aliphatic rings. The Morgan fingerprint density at radius 3 is 1.25 bits per heavy atom. The molecule has 0 atom stereocenters. The van der Waals surface area contributed by atoms with Crippen molar-refractivity contribution < 1.29 is 8.83 Å². The highest BCUT2D eigenvalue weighted by Crippen LogP contribution is 2.47. The molecule has 3 nitrogen and oxygen atoms in total. The van der Waals surface area contributed by atoms with Crippen LogP contribution in [0.4, 0.5) is 17.1 Å². The van der Waals surface area contributed by atoms with Crippen LogP contribution in [0.1, 0.15) is 0 Å². The van der Waals surface area contributed by atoms with E-state index in [-0.39, 0.29) is 0 Å². The summed E-state index contributed by atoms with van der Waals surface area (Å²) in [6.45, 7) is 0. The lowest BCUT2D eigenvalue weighted by atomic mass is 9.85. The minimum Gasteiger partial charge on any atom is -0.456 e.